The minimum atomic E-state index is -2.88. The molecule has 1 atom stereocenters. The van der Waals surface area contributed by atoms with Gasteiger partial charge in [-0.15, -0.1) is 0 Å². The van der Waals surface area contributed by atoms with Gasteiger partial charge in [-0.05, 0) is 24.1 Å². The van der Waals surface area contributed by atoms with Crippen molar-refractivity contribution >= 4 is 12.0 Å². The van der Waals surface area contributed by atoms with Gasteiger partial charge < -0.3 is 24.8 Å². The molecule has 9 heteroatoms. The Morgan fingerprint density at radius 3 is 2.72 bits per heavy atom. The summed E-state index contributed by atoms with van der Waals surface area (Å²) in [5, 5.41) is 11.2. The Hall–Kier alpha value is -2.42. The van der Waals surface area contributed by atoms with Crippen molar-refractivity contribution in [2.75, 3.05) is 26.2 Å². The number of rotatable bonds is 7. The van der Waals surface area contributed by atoms with E-state index in [0.29, 0.717) is 26.1 Å². The molecule has 0 bridgehead atoms. The van der Waals surface area contributed by atoms with Gasteiger partial charge in [0.05, 0.1) is 13.2 Å². The largest absolute Gasteiger partial charge is 0.481 e. The van der Waals surface area contributed by atoms with Crippen LogP contribution in [0, 0.1) is 0 Å². The summed E-state index contributed by atoms with van der Waals surface area (Å²) in [7, 11) is 0. The second kappa shape index (κ2) is 9.16. The molecule has 1 heterocycles. The zero-order valence-electron chi connectivity index (χ0n) is 13.5. The quantitative estimate of drug-likeness (QED) is 0.730. The fourth-order valence-electron chi connectivity index (χ4n) is 2.45. The first-order chi connectivity index (χ1) is 12.0. The molecule has 1 aromatic carbocycles. The van der Waals surface area contributed by atoms with Crippen LogP contribution in [0.5, 0.6) is 5.75 Å². The molecule has 25 heavy (non-hydrogen) atoms. The number of alkyl halides is 2. The van der Waals surface area contributed by atoms with Crippen LogP contribution in [0.3, 0.4) is 0 Å². The number of halogens is 2. The summed E-state index contributed by atoms with van der Waals surface area (Å²) in [5.74, 6) is -0.845. The summed E-state index contributed by atoms with van der Waals surface area (Å²) in [6.45, 7) is -1.50. The average molecular weight is 358 g/mol. The first-order valence-corrected chi connectivity index (χ1v) is 7.86. The molecule has 1 saturated heterocycles. The molecule has 0 radical (unpaired) electrons. The van der Waals surface area contributed by atoms with E-state index >= 15 is 0 Å². The number of aliphatic carboxylic acids is 1. The molecule has 0 aliphatic carbocycles. The molecule has 138 valence electrons. The lowest BCUT2D eigenvalue weighted by atomic mass is 10.1. The predicted octanol–water partition coefficient (Wildman–Crippen LogP) is 2.24. The smallest absolute Gasteiger partial charge is 0.387 e. The molecular formula is C16H20F2N2O5. The Morgan fingerprint density at radius 1 is 1.36 bits per heavy atom. The minimum absolute atomic E-state index is 0.000940. The van der Waals surface area contributed by atoms with Crippen molar-refractivity contribution in [3.63, 3.8) is 0 Å². The predicted molar refractivity (Wildman–Crippen MR) is 83.6 cm³/mol. The molecule has 2 amide bonds. The minimum Gasteiger partial charge on any atom is -0.481 e. The van der Waals surface area contributed by atoms with E-state index in [1.807, 2.05) is 0 Å². The number of carboxylic acid groups (broad SMARTS) is 1. The third-order valence-electron chi connectivity index (χ3n) is 3.67. The van der Waals surface area contributed by atoms with Crippen LogP contribution in [0.15, 0.2) is 24.3 Å². The highest BCUT2D eigenvalue weighted by atomic mass is 19.3. The van der Waals surface area contributed by atoms with Gasteiger partial charge in [0.2, 0.25) is 0 Å². The highest BCUT2D eigenvalue weighted by Gasteiger charge is 2.25. The van der Waals surface area contributed by atoms with E-state index in [2.05, 4.69) is 10.1 Å². The van der Waals surface area contributed by atoms with Crippen LogP contribution in [0.2, 0.25) is 0 Å². The monoisotopic (exact) mass is 358 g/mol. The SMILES string of the molecule is O=C(O)CCCNC(=O)N1CCOC(c2ccc(OC(F)F)cc2)C1. The van der Waals surface area contributed by atoms with Gasteiger partial charge in [-0.3, -0.25) is 4.79 Å². The summed E-state index contributed by atoms with van der Waals surface area (Å²) in [5.41, 5.74) is 0.755. The lowest BCUT2D eigenvalue weighted by Crippen LogP contribution is -2.47. The molecular weight excluding hydrogens is 338 g/mol. The number of nitrogens with zero attached hydrogens (tertiary/aromatic N) is 1. The first kappa shape index (κ1) is 18.9. The maximum absolute atomic E-state index is 12.2. The van der Waals surface area contributed by atoms with Gasteiger partial charge in [-0.1, -0.05) is 12.1 Å². The average Bonchev–Trinajstić information content (AvgIpc) is 2.58. The molecule has 0 saturated carbocycles. The van der Waals surface area contributed by atoms with Crippen LogP contribution >= 0.6 is 0 Å². The fourth-order valence-corrected chi connectivity index (χ4v) is 2.45. The molecule has 2 rings (SSSR count). The van der Waals surface area contributed by atoms with Crippen LogP contribution in [0.4, 0.5) is 13.6 Å². The molecule has 2 N–H and O–H groups in total. The number of hydrogen-bond acceptors (Lipinski definition) is 4. The van der Waals surface area contributed by atoms with Crippen LogP contribution in [-0.2, 0) is 9.53 Å². The molecule has 1 aliphatic heterocycles. The van der Waals surface area contributed by atoms with Gasteiger partial charge in [0, 0.05) is 19.5 Å². The van der Waals surface area contributed by atoms with Crippen LogP contribution in [-0.4, -0.2) is 54.9 Å². The number of urea groups is 1. The fraction of sp³-hybridized carbons (Fsp3) is 0.500. The number of carboxylic acids is 1. The number of amides is 2. The lowest BCUT2D eigenvalue weighted by molar-refractivity contribution is -0.137. The standard InChI is InChI=1S/C16H20F2N2O5/c17-15(18)25-12-5-3-11(4-6-12)13-10-20(8-9-24-13)16(23)19-7-1-2-14(21)22/h3-6,13,15H,1-2,7-10H2,(H,19,23)(H,21,22). The van der Waals surface area contributed by atoms with Crippen molar-refractivity contribution in [3.05, 3.63) is 29.8 Å². The number of carbonyl (C=O) groups excluding carboxylic acids is 1. The summed E-state index contributed by atoms with van der Waals surface area (Å²) in [4.78, 5) is 24.1. The van der Waals surface area contributed by atoms with Gasteiger partial charge >= 0.3 is 18.6 Å². The van der Waals surface area contributed by atoms with Crippen molar-refractivity contribution in [1.82, 2.24) is 10.2 Å². The molecule has 1 aliphatic rings. The molecule has 1 aromatic rings. The maximum atomic E-state index is 12.2. The summed E-state index contributed by atoms with van der Waals surface area (Å²) < 4.78 is 34.2. The van der Waals surface area contributed by atoms with Crippen LogP contribution in [0.1, 0.15) is 24.5 Å². The Bertz CT molecular complexity index is 582. The van der Waals surface area contributed by atoms with Gasteiger partial charge in [-0.2, -0.15) is 8.78 Å². The molecule has 1 unspecified atom stereocenters. The van der Waals surface area contributed by atoms with E-state index in [1.165, 1.54) is 12.1 Å². The van der Waals surface area contributed by atoms with Crippen molar-refractivity contribution in [2.24, 2.45) is 0 Å². The van der Waals surface area contributed by atoms with E-state index in [1.54, 1.807) is 17.0 Å². The zero-order valence-corrected chi connectivity index (χ0v) is 13.5. The third-order valence-corrected chi connectivity index (χ3v) is 3.67. The normalized spacial score (nSPS) is 17.4. The first-order valence-electron chi connectivity index (χ1n) is 7.86. The highest BCUT2D eigenvalue weighted by molar-refractivity contribution is 5.74. The number of hydrogen-bond donors (Lipinski definition) is 2. The second-order valence-electron chi connectivity index (χ2n) is 5.48. The summed E-state index contributed by atoms with van der Waals surface area (Å²) >= 11 is 0. The zero-order chi connectivity index (χ0) is 18.2. The second-order valence-corrected chi connectivity index (χ2v) is 5.48. The van der Waals surface area contributed by atoms with Gasteiger partial charge in [0.1, 0.15) is 11.9 Å². The Morgan fingerprint density at radius 2 is 2.08 bits per heavy atom. The Kier molecular flexibility index (Phi) is 6.93. The molecule has 7 nitrogen and oxygen atoms in total. The topological polar surface area (TPSA) is 88.1 Å². The van der Waals surface area contributed by atoms with Crippen LogP contribution < -0.4 is 10.1 Å². The van der Waals surface area contributed by atoms with Gasteiger partial charge in [0.25, 0.3) is 0 Å². The van der Waals surface area contributed by atoms with E-state index < -0.39 is 12.6 Å². The number of carbonyl (C=O) groups is 2. The maximum Gasteiger partial charge on any atom is 0.387 e. The van der Waals surface area contributed by atoms with Crippen molar-refractivity contribution in [2.45, 2.75) is 25.6 Å². The van der Waals surface area contributed by atoms with Crippen LogP contribution in [0.25, 0.3) is 0 Å². The molecule has 1 fully saturated rings. The Labute approximate surface area is 143 Å². The third kappa shape index (κ3) is 6.18. The van der Waals surface area contributed by atoms with Crippen molar-refractivity contribution in [3.8, 4) is 5.75 Å². The van der Waals surface area contributed by atoms with E-state index in [0.717, 1.165) is 5.56 Å². The number of benzene rings is 1. The molecule has 0 aromatic heterocycles. The summed E-state index contributed by atoms with van der Waals surface area (Å²) in [6, 6.07) is 5.81. The highest BCUT2D eigenvalue weighted by Crippen LogP contribution is 2.25. The van der Waals surface area contributed by atoms with Gasteiger partial charge in [0.15, 0.2) is 0 Å². The molecule has 0 spiro atoms. The van der Waals surface area contributed by atoms with Gasteiger partial charge in [-0.25, -0.2) is 4.79 Å². The number of morpholine rings is 1. The summed E-state index contributed by atoms with van der Waals surface area (Å²) in [6.07, 6.45) is -0.00132. The number of nitrogens with one attached hydrogen (secondary N) is 1. The van der Waals surface area contributed by atoms with Crippen molar-refractivity contribution in [1.29, 1.82) is 0 Å². The van der Waals surface area contributed by atoms with Crippen molar-refractivity contribution < 1.29 is 33.0 Å². The Balaban J connectivity index is 1.85. The lowest BCUT2D eigenvalue weighted by Gasteiger charge is -2.33. The van der Waals surface area contributed by atoms with E-state index in [4.69, 9.17) is 9.84 Å². The van der Waals surface area contributed by atoms with E-state index in [9.17, 15) is 18.4 Å². The number of ether oxygens (including phenoxy) is 2. The van der Waals surface area contributed by atoms with E-state index in [-0.39, 0.29) is 30.9 Å².